The standard InChI is InChI=1S/C16H26N4O.HI/c1-16(2,3)20-15(18-5)19-10-9-12-7-6-8-13(11-12)14(21)17-4;/h6-8,11H,9-10H2,1-5H3,(H,17,21)(H2,18,19,20);1H. The fourth-order valence-corrected chi connectivity index (χ4v) is 1.87. The van der Waals surface area contributed by atoms with Crippen LogP contribution in [0.4, 0.5) is 0 Å². The van der Waals surface area contributed by atoms with Gasteiger partial charge in [-0.3, -0.25) is 9.79 Å². The highest BCUT2D eigenvalue weighted by atomic mass is 127. The number of rotatable bonds is 4. The highest BCUT2D eigenvalue weighted by Gasteiger charge is 2.11. The Morgan fingerprint density at radius 1 is 1.27 bits per heavy atom. The lowest BCUT2D eigenvalue weighted by atomic mass is 10.1. The summed E-state index contributed by atoms with van der Waals surface area (Å²) in [5.74, 6) is 0.722. The van der Waals surface area contributed by atoms with E-state index in [1.165, 1.54) is 0 Å². The van der Waals surface area contributed by atoms with E-state index in [4.69, 9.17) is 0 Å². The van der Waals surface area contributed by atoms with Crippen molar-refractivity contribution < 1.29 is 4.79 Å². The minimum Gasteiger partial charge on any atom is -0.356 e. The predicted molar refractivity (Wildman–Crippen MR) is 103 cm³/mol. The fourth-order valence-electron chi connectivity index (χ4n) is 1.87. The van der Waals surface area contributed by atoms with Crippen LogP contribution in [0.2, 0.25) is 0 Å². The molecule has 0 aliphatic carbocycles. The van der Waals surface area contributed by atoms with E-state index < -0.39 is 0 Å². The average Bonchev–Trinajstić information content (AvgIpc) is 2.44. The molecular weight excluding hydrogens is 391 g/mol. The lowest BCUT2D eigenvalue weighted by Crippen LogP contribution is -2.48. The summed E-state index contributed by atoms with van der Waals surface area (Å²) in [7, 11) is 3.39. The molecule has 1 rings (SSSR count). The Morgan fingerprint density at radius 2 is 1.95 bits per heavy atom. The number of halogens is 1. The van der Waals surface area contributed by atoms with Crippen LogP contribution < -0.4 is 16.0 Å². The van der Waals surface area contributed by atoms with Gasteiger partial charge in [-0.25, -0.2) is 0 Å². The zero-order chi connectivity index (χ0) is 15.9. The maximum Gasteiger partial charge on any atom is 0.251 e. The second-order valence-electron chi connectivity index (χ2n) is 5.90. The Labute approximate surface area is 150 Å². The van der Waals surface area contributed by atoms with Crippen LogP contribution in [0.25, 0.3) is 0 Å². The number of amides is 1. The summed E-state index contributed by atoms with van der Waals surface area (Å²) >= 11 is 0. The zero-order valence-corrected chi connectivity index (χ0v) is 16.3. The van der Waals surface area contributed by atoms with Gasteiger partial charge in [-0.15, -0.1) is 24.0 Å². The van der Waals surface area contributed by atoms with Crippen molar-refractivity contribution in [2.75, 3.05) is 20.6 Å². The number of hydrogen-bond donors (Lipinski definition) is 3. The van der Waals surface area contributed by atoms with Crippen molar-refractivity contribution in [2.24, 2.45) is 4.99 Å². The molecule has 0 saturated heterocycles. The third-order valence-corrected chi connectivity index (χ3v) is 2.84. The van der Waals surface area contributed by atoms with Gasteiger partial charge < -0.3 is 16.0 Å². The van der Waals surface area contributed by atoms with Crippen LogP contribution >= 0.6 is 24.0 Å². The Hall–Kier alpha value is -1.31. The minimum atomic E-state index is -0.0602. The van der Waals surface area contributed by atoms with Gasteiger partial charge in [0.1, 0.15) is 0 Å². The molecule has 0 saturated carbocycles. The molecule has 0 bridgehead atoms. The molecule has 1 aromatic carbocycles. The summed E-state index contributed by atoms with van der Waals surface area (Å²) in [4.78, 5) is 15.8. The molecule has 0 fully saturated rings. The molecule has 0 aromatic heterocycles. The Morgan fingerprint density at radius 3 is 2.50 bits per heavy atom. The predicted octanol–water partition coefficient (Wildman–Crippen LogP) is 2.17. The lowest BCUT2D eigenvalue weighted by molar-refractivity contribution is 0.0963. The molecule has 0 aliphatic rings. The first-order valence-electron chi connectivity index (χ1n) is 7.15. The van der Waals surface area contributed by atoms with Crippen LogP contribution in [0.3, 0.4) is 0 Å². The monoisotopic (exact) mass is 418 g/mol. The van der Waals surface area contributed by atoms with Gasteiger partial charge in [0.25, 0.3) is 5.91 Å². The molecule has 124 valence electrons. The van der Waals surface area contributed by atoms with Gasteiger partial charge in [-0.2, -0.15) is 0 Å². The number of carbonyl (C=O) groups excluding carboxylic acids is 1. The number of hydrogen-bond acceptors (Lipinski definition) is 2. The number of nitrogens with one attached hydrogen (secondary N) is 3. The number of guanidine groups is 1. The van der Waals surface area contributed by atoms with E-state index in [-0.39, 0.29) is 35.4 Å². The van der Waals surface area contributed by atoms with Crippen LogP contribution in [0, 0.1) is 0 Å². The van der Waals surface area contributed by atoms with Crippen molar-refractivity contribution in [1.82, 2.24) is 16.0 Å². The van der Waals surface area contributed by atoms with Crippen LogP contribution in [-0.4, -0.2) is 38.0 Å². The largest absolute Gasteiger partial charge is 0.356 e. The molecule has 0 radical (unpaired) electrons. The first-order chi connectivity index (χ1) is 9.85. The second kappa shape index (κ2) is 9.66. The summed E-state index contributed by atoms with van der Waals surface area (Å²) in [5.41, 5.74) is 1.78. The summed E-state index contributed by atoms with van der Waals surface area (Å²) in [6, 6.07) is 7.66. The van der Waals surface area contributed by atoms with Gasteiger partial charge in [0, 0.05) is 31.7 Å². The first-order valence-corrected chi connectivity index (χ1v) is 7.15. The molecule has 22 heavy (non-hydrogen) atoms. The molecule has 0 aliphatic heterocycles. The topological polar surface area (TPSA) is 65.5 Å². The summed E-state index contributed by atoms with van der Waals surface area (Å²) < 4.78 is 0. The molecular formula is C16H27IN4O. The van der Waals surface area contributed by atoms with E-state index in [1.807, 2.05) is 24.3 Å². The van der Waals surface area contributed by atoms with Crippen LogP contribution in [0.15, 0.2) is 29.3 Å². The number of aliphatic imine (C=N–C) groups is 1. The highest BCUT2D eigenvalue weighted by molar-refractivity contribution is 14.0. The van der Waals surface area contributed by atoms with E-state index >= 15 is 0 Å². The third-order valence-electron chi connectivity index (χ3n) is 2.84. The number of nitrogens with zero attached hydrogens (tertiary/aromatic N) is 1. The molecule has 3 N–H and O–H groups in total. The Bertz CT molecular complexity index is 509. The highest BCUT2D eigenvalue weighted by Crippen LogP contribution is 2.05. The van der Waals surface area contributed by atoms with Gasteiger partial charge in [0.05, 0.1) is 0 Å². The SMILES string of the molecule is CN=C(NCCc1cccc(C(=O)NC)c1)NC(C)(C)C.I. The molecule has 0 atom stereocenters. The van der Waals surface area contributed by atoms with Crippen LogP contribution in [-0.2, 0) is 6.42 Å². The normalized spacial score (nSPS) is 11.4. The van der Waals surface area contributed by atoms with E-state index in [0.29, 0.717) is 5.56 Å². The molecule has 0 heterocycles. The first kappa shape index (κ1) is 20.7. The summed E-state index contributed by atoms with van der Waals surface area (Å²) in [6.45, 7) is 7.03. The van der Waals surface area contributed by atoms with Gasteiger partial charge >= 0.3 is 0 Å². The zero-order valence-electron chi connectivity index (χ0n) is 14.0. The van der Waals surface area contributed by atoms with E-state index in [2.05, 4.69) is 41.7 Å². The van der Waals surface area contributed by atoms with E-state index in [9.17, 15) is 4.79 Å². The second-order valence-corrected chi connectivity index (χ2v) is 5.90. The summed E-state index contributed by atoms with van der Waals surface area (Å²) in [5, 5.41) is 9.22. The molecule has 1 aromatic rings. The number of benzene rings is 1. The average molecular weight is 418 g/mol. The Kier molecular flexibility index (Phi) is 9.08. The third kappa shape index (κ3) is 7.63. The van der Waals surface area contributed by atoms with E-state index in [1.54, 1.807) is 14.1 Å². The van der Waals surface area contributed by atoms with Crippen molar-refractivity contribution in [2.45, 2.75) is 32.7 Å². The quantitative estimate of drug-likeness (QED) is 0.399. The maximum atomic E-state index is 11.6. The minimum absolute atomic E-state index is 0. The van der Waals surface area contributed by atoms with Crippen molar-refractivity contribution in [3.63, 3.8) is 0 Å². The molecule has 1 amide bonds. The van der Waals surface area contributed by atoms with Gasteiger partial charge in [-0.05, 0) is 44.9 Å². The smallest absolute Gasteiger partial charge is 0.251 e. The van der Waals surface area contributed by atoms with Crippen molar-refractivity contribution in [3.05, 3.63) is 35.4 Å². The van der Waals surface area contributed by atoms with Gasteiger partial charge in [-0.1, -0.05) is 12.1 Å². The van der Waals surface area contributed by atoms with Crippen molar-refractivity contribution in [1.29, 1.82) is 0 Å². The summed E-state index contributed by atoms with van der Waals surface area (Å²) in [6.07, 6.45) is 0.829. The maximum absolute atomic E-state index is 11.6. The molecule has 0 unspecified atom stereocenters. The number of carbonyl (C=O) groups is 1. The lowest BCUT2D eigenvalue weighted by Gasteiger charge is -2.23. The molecule has 6 heteroatoms. The van der Waals surface area contributed by atoms with Gasteiger partial charge in [0.2, 0.25) is 0 Å². The van der Waals surface area contributed by atoms with Gasteiger partial charge in [0.15, 0.2) is 5.96 Å². The Balaban J connectivity index is 0.00000441. The van der Waals surface area contributed by atoms with E-state index in [0.717, 1.165) is 24.5 Å². The molecule has 0 spiro atoms. The van der Waals surface area contributed by atoms with Crippen molar-refractivity contribution in [3.8, 4) is 0 Å². The van der Waals surface area contributed by atoms with Crippen LogP contribution in [0.1, 0.15) is 36.7 Å². The van der Waals surface area contributed by atoms with Crippen LogP contribution in [0.5, 0.6) is 0 Å². The molecule has 5 nitrogen and oxygen atoms in total. The fraction of sp³-hybridized carbons (Fsp3) is 0.500. The van der Waals surface area contributed by atoms with Crippen molar-refractivity contribution >= 4 is 35.8 Å².